The molecule has 104 valence electrons. The zero-order chi connectivity index (χ0) is 13.8. The molecule has 1 aliphatic rings. The molecule has 0 N–H and O–H groups in total. The van der Waals surface area contributed by atoms with Gasteiger partial charge in [0.25, 0.3) is 0 Å². The fourth-order valence-electron chi connectivity index (χ4n) is 3.07. The van der Waals surface area contributed by atoms with Crippen molar-refractivity contribution in [3.63, 3.8) is 0 Å². The van der Waals surface area contributed by atoms with Crippen molar-refractivity contribution in [2.24, 2.45) is 0 Å². The van der Waals surface area contributed by atoms with Gasteiger partial charge in [-0.25, -0.2) is 0 Å². The van der Waals surface area contributed by atoms with Crippen LogP contribution in [0.25, 0.3) is 11.1 Å². The van der Waals surface area contributed by atoms with Crippen LogP contribution in [0.5, 0.6) is 0 Å². The molecule has 0 fully saturated rings. The first-order valence-electron chi connectivity index (χ1n) is 7.67. The van der Waals surface area contributed by atoms with Crippen molar-refractivity contribution in [2.45, 2.75) is 32.6 Å². The predicted molar refractivity (Wildman–Crippen MR) is 84.1 cm³/mol. The van der Waals surface area contributed by atoms with Crippen LogP contribution in [-0.4, -0.2) is 13.2 Å². The minimum absolute atomic E-state index is 0.879. The van der Waals surface area contributed by atoms with Crippen molar-refractivity contribution in [1.29, 1.82) is 0 Å². The maximum atomic E-state index is 5.59. The zero-order valence-electron chi connectivity index (χ0n) is 12.2. The molecule has 0 atom stereocenters. The third kappa shape index (κ3) is 2.64. The van der Waals surface area contributed by atoms with Gasteiger partial charge in [-0.15, -0.1) is 0 Å². The van der Waals surface area contributed by atoms with Crippen molar-refractivity contribution in [3.8, 4) is 11.1 Å². The first-order valence-corrected chi connectivity index (χ1v) is 7.67. The lowest BCUT2D eigenvalue weighted by atomic mass is 9.98. The normalized spacial score (nSPS) is 12.2. The smallest absolute Gasteiger partial charge is 0.0469 e. The second-order valence-corrected chi connectivity index (χ2v) is 5.49. The summed E-state index contributed by atoms with van der Waals surface area (Å²) in [7, 11) is 0. The second-order valence-electron chi connectivity index (χ2n) is 5.49. The van der Waals surface area contributed by atoms with Crippen LogP contribution >= 0.6 is 0 Å². The Labute approximate surface area is 121 Å². The molecule has 1 aliphatic carbocycles. The van der Waals surface area contributed by atoms with E-state index in [9.17, 15) is 0 Å². The Kier molecular flexibility index (Phi) is 4.17. The predicted octanol–water partition coefficient (Wildman–Crippen LogP) is 4.62. The van der Waals surface area contributed by atoms with E-state index >= 15 is 0 Å². The van der Waals surface area contributed by atoms with E-state index in [-0.39, 0.29) is 0 Å². The van der Waals surface area contributed by atoms with Gasteiger partial charge in [0.05, 0.1) is 0 Å². The van der Waals surface area contributed by atoms with Gasteiger partial charge in [0.2, 0.25) is 0 Å². The number of fused-ring (bicyclic) bond motifs is 3. The molecule has 3 rings (SSSR count). The number of benzene rings is 2. The molecule has 0 saturated carbocycles. The summed E-state index contributed by atoms with van der Waals surface area (Å²) in [4.78, 5) is 0. The molecular formula is C19H22O. The van der Waals surface area contributed by atoms with Gasteiger partial charge in [-0.1, -0.05) is 49.4 Å². The number of aryl methyl sites for hydroxylation is 1. The molecule has 1 heteroatoms. The molecule has 1 nitrogen and oxygen atoms in total. The molecule has 0 saturated heterocycles. The third-order valence-corrected chi connectivity index (χ3v) is 4.03. The van der Waals surface area contributed by atoms with Crippen LogP contribution in [0, 0.1) is 0 Å². The van der Waals surface area contributed by atoms with Gasteiger partial charge < -0.3 is 4.74 Å². The average Bonchev–Trinajstić information content (AvgIpc) is 2.87. The Morgan fingerprint density at radius 3 is 2.70 bits per heavy atom. The van der Waals surface area contributed by atoms with E-state index in [0.717, 1.165) is 38.9 Å². The van der Waals surface area contributed by atoms with Crippen LogP contribution in [0.1, 0.15) is 36.5 Å². The van der Waals surface area contributed by atoms with Crippen LogP contribution in [-0.2, 0) is 17.6 Å². The largest absolute Gasteiger partial charge is 0.381 e. The topological polar surface area (TPSA) is 9.23 Å². The van der Waals surface area contributed by atoms with Crippen molar-refractivity contribution >= 4 is 0 Å². The minimum atomic E-state index is 0.879. The highest BCUT2D eigenvalue weighted by atomic mass is 16.5. The molecule has 0 unspecified atom stereocenters. The van der Waals surface area contributed by atoms with E-state index in [1.54, 1.807) is 0 Å². The lowest BCUT2D eigenvalue weighted by Gasteiger charge is -2.08. The van der Waals surface area contributed by atoms with Crippen molar-refractivity contribution in [3.05, 3.63) is 59.2 Å². The Morgan fingerprint density at radius 1 is 0.950 bits per heavy atom. The highest BCUT2D eigenvalue weighted by Gasteiger charge is 2.19. The Balaban J connectivity index is 1.73. The summed E-state index contributed by atoms with van der Waals surface area (Å²) < 4.78 is 5.59. The van der Waals surface area contributed by atoms with E-state index in [0.29, 0.717) is 0 Å². The minimum Gasteiger partial charge on any atom is -0.381 e. The van der Waals surface area contributed by atoms with E-state index in [2.05, 4.69) is 49.4 Å². The van der Waals surface area contributed by atoms with Crippen LogP contribution < -0.4 is 0 Å². The van der Waals surface area contributed by atoms with E-state index in [1.165, 1.54) is 27.8 Å². The molecule has 0 aliphatic heterocycles. The lowest BCUT2D eigenvalue weighted by Crippen LogP contribution is -1.99. The second kappa shape index (κ2) is 6.23. The van der Waals surface area contributed by atoms with Gasteiger partial charge in [0, 0.05) is 13.2 Å². The molecule has 20 heavy (non-hydrogen) atoms. The molecule has 2 aromatic carbocycles. The Morgan fingerprint density at radius 2 is 1.80 bits per heavy atom. The van der Waals surface area contributed by atoms with E-state index in [4.69, 9.17) is 4.74 Å². The van der Waals surface area contributed by atoms with Crippen molar-refractivity contribution in [1.82, 2.24) is 0 Å². The fourth-order valence-corrected chi connectivity index (χ4v) is 3.07. The van der Waals surface area contributed by atoms with Gasteiger partial charge in [-0.3, -0.25) is 0 Å². The molecule has 0 spiro atoms. The summed E-state index contributed by atoms with van der Waals surface area (Å²) in [5.74, 6) is 0. The SMILES string of the molecule is CCCOCCCc1cccc2c1Cc1ccccc1-2. The van der Waals surface area contributed by atoms with Crippen LogP contribution in [0.4, 0.5) is 0 Å². The van der Waals surface area contributed by atoms with E-state index < -0.39 is 0 Å². The molecule has 0 heterocycles. The molecule has 2 aromatic rings. The fraction of sp³-hybridized carbons (Fsp3) is 0.368. The van der Waals surface area contributed by atoms with Gasteiger partial charge >= 0.3 is 0 Å². The summed E-state index contributed by atoms with van der Waals surface area (Å²) in [6.07, 6.45) is 4.45. The van der Waals surface area contributed by atoms with Crippen LogP contribution in [0.15, 0.2) is 42.5 Å². The maximum Gasteiger partial charge on any atom is 0.0469 e. The maximum absolute atomic E-state index is 5.59. The molecular weight excluding hydrogens is 244 g/mol. The third-order valence-electron chi connectivity index (χ3n) is 4.03. The number of ether oxygens (including phenoxy) is 1. The van der Waals surface area contributed by atoms with Crippen molar-refractivity contribution < 1.29 is 4.74 Å². The summed E-state index contributed by atoms with van der Waals surface area (Å²) in [6, 6.07) is 15.5. The Bertz CT molecular complexity index is 586. The molecule has 0 radical (unpaired) electrons. The van der Waals surface area contributed by atoms with Gasteiger partial charge in [-0.2, -0.15) is 0 Å². The highest BCUT2D eigenvalue weighted by molar-refractivity contribution is 5.77. The summed E-state index contributed by atoms with van der Waals surface area (Å²) in [5.41, 5.74) is 7.36. The molecule has 0 aromatic heterocycles. The van der Waals surface area contributed by atoms with Crippen LogP contribution in [0.3, 0.4) is 0 Å². The summed E-state index contributed by atoms with van der Waals surface area (Å²) in [5, 5.41) is 0. The first-order chi connectivity index (χ1) is 9.90. The number of hydrogen-bond donors (Lipinski definition) is 0. The van der Waals surface area contributed by atoms with Gasteiger partial charge in [0.15, 0.2) is 0 Å². The highest BCUT2D eigenvalue weighted by Crippen LogP contribution is 2.38. The van der Waals surface area contributed by atoms with Gasteiger partial charge in [-0.05, 0) is 53.5 Å². The van der Waals surface area contributed by atoms with Crippen LogP contribution in [0.2, 0.25) is 0 Å². The van der Waals surface area contributed by atoms with E-state index in [1.807, 2.05) is 0 Å². The monoisotopic (exact) mass is 266 g/mol. The molecule has 0 amide bonds. The quantitative estimate of drug-likeness (QED) is 0.592. The average molecular weight is 266 g/mol. The van der Waals surface area contributed by atoms with Gasteiger partial charge in [0.1, 0.15) is 0 Å². The molecule has 0 bridgehead atoms. The number of rotatable bonds is 6. The summed E-state index contributed by atoms with van der Waals surface area (Å²) >= 11 is 0. The number of hydrogen-bond acceptors (Lipinski definition) is 1. The summed E-state index contributed by atoms with van der Waals surface area (Å²) in [6.45, 7) is 3.92. The Hall–Kier alpha value is -1.60. The standard InChI is InChI=1S/C19H22O/c1-2-12-20-13-6-9-15-8-5-11-18-17-10-4-3-7-16(17)14-19(15)18/h3-5,7-8,10-11H,2,6,9,12-14H2,1H3. The first kappa shape index (κ1) is 13.4. The van der Waals surface area contributed by atoms with Crippen molar-refractivity contribution in [2.75, 3.05) is 13.2 Å². The zero-order valence-corrected chi connectivity index (χ0v) is 12.2. The lowest BCUT2D eigenvalue weighted by molar-refractivity contribution is 0.132.